The van der Waals surface area contributed by atoms with E-state index in [0.717, 1.165) is 18.4 Å². The number of esters is 1. The summed E-state index contributed by atoms with van der Waals surface area (Å²) in [6, 6.07) is 16.8. The van der Waals surface area contributed by atoms with Crippen LogP contribution in [0.15, 0.2) is 76.2 Å². The average Bonchev–Trinajstić information content (AvgIpc) is 3.93. The molecular formula is C40H47ClF2N4O8S2. The van der Waals surface area contributed by atoms with Crippen LogP contribution in [0.2, 0.25) is 5.02 Å². The highest BCUT2D eigenvalue weighted by Gasteiger charge is 2.45. The van der Waals surface area contributed by atoms with E-state index in [9.17, 15) is 29.7 Å². The fourth-order valence-corrected chi connectivity index (χ4v) is 8.95. The molecule has 6 rings (SSSR count). The zero-order chi connectivity index (χ0) is 39.1. The van der Waals surface area contributed by atoms with Gasteiger partial charge in [0.25, 0.3) is 0 Å². The lowest BCUT2D eigenvalue weighted by Gasteiger charge is -2.35. The zero-order valence-corrected chi connectivity index (χ0v) is 33.8. The number of H-pyrrole nitrogens is 1. The molecule has 3 aromatic heterocycles. The van der Waals surface area contributed by atoms with E-state index in [4.69, 9.17) is 21.1 Å². The molecule has 5 aromatic rings. The fourth-order valence-electron chi connectivity index (χ4n) is 7.00. The van der Waals surface area contributed by atoms with E-state index in [-0.39, 0.29) is 57.3 Å². The van der Waals surface area contributed by atoms with Crippen molar-refractivity contribution >= 4 is 62.7 Å². The van der Waals surface area contributed by atoms with Crippen molar-refractivity contribution in [2.45, 2.75) is 62.4 Å². The van der Waals surface area contributed by atoms with E-state index in [1.54, 1.807) is 43.5 Å². The summed E-state index contributed by atoms with van der Waals surface area (Å²) in [5.74, 6) is -0.342. The Morgan fingerprint density at radius 1 is 1.04 bits per heavy atom. The third-order valence-corrected chi connectivity index (χ3v) is 12.4. The molecule has 0 aliphatic heterocycles. The van der Waals surface area contributed by atoms with E-state index in [1.807, 2.05) is 29.9 Å². The van der Waals surface area contributed by atoms with Gasteiger partial charge in [-0.3, -0.25) is 19.0 Å². The van der Waals surface area contributed by atoms with Crippen LogP contribution in [-0.2, 0) is 26.3 Å². The SMILES string of the molecule is COc1cc(NC(=O)CCN(C)C2CCC(OC(=O)C(O)(c3cccs3)c3cccs3)CC2)c(Cl)cc1CCNC[C@H](O)c1ccc(O)c2[nH]c(=O)ccc12.F.F. The number of aromatic hydroxyl groups is 1. The second-order valence-electron chi connectivity index (χ2n) is 13.7. The summed E-state index contributed by atoms with van der Waals surface area (Å²) >= 11 is 9.25. The van der Waals surface area contributed by atoms with Gasteiger partial charge in [-0.25, -0.2) is 4.79 Å². The van der Waals surface area contributed by atoms with Crippen LogP contribution < -0.4 is 20.9 Å². The molecule has 1 aliphatic rings. The first-order valence-electron chi connectivity index (χ1n) is 18.1. The molecule has 1 amide bonds. The molecule has 12 nitrogen and oxygen atoms in total. The van der Waals surface area contributed by atoms with Crippen LogP contribution in [0.4, 0.5) is 15.1 Å². The second kappa shape index (κ2) is 20.3. The molecule has 0 saturated heterocycles. The lowest BCUT2D eigenvalue weighted by Crippen LogP contribution is -2.42. The minimum Gasteiger partial charge on any atom is -0.506 e. The predicted octanol–water partition coefficient (Wildman–Crippen LogP) is 6.24. The smallest absolute Gasteiger partial charge is 0.349 e. The van der Waals surface area contributed by atoms with Gasteiger partial charge in [0, 0.05) is 43.1 Å². The number of ether oxygens (including phenoxy) is 2. The monoisotopic (exact) mass is 848 g/mol. The van der Waals surface area contributed by atoms with Gasteiger partial charge in [-0.1, -0.05) is 29.8 Å². The number of halogens is 3. The molecule has 17 heteroatoms. The summed E-state index contributed by atoms with van der Waals surface area (Å²) in [7, 11) is 3.54. The van der Waals surface area contributed by atoms with Crippen LogP contribution >= 0.6 is 34.3 Å². The number of aliphatic hydroxyl groups is 2. The molecule has 0 spiro atoms. The fraction of sp³-hybridized carbons (Fsp3) is 0.375. The van der Waals surface area contributed by atoms with E-state index in [0.29, 0.717) is 69.5 Å². The molecule has 2 aromatic carbocycles. The number of hydrogen-bond donors (Lipinski definition) is 6. The number of carbonyl (C=O) groups is 2. The molecule has 57 heavy (non-hydrogen) atoms. The predicted molar refractivity (Wildman–Crippen MR) is 220 cm³/mol. The molecule has 0 bridgehead atoms. The number of rotatable bonds is 16. The van der Waals surface area contributed by atoms with Crippen LogP contribution in [0.1, 0.15) is 59.1 Å². The number of pyridine rings is 1. The number of phenolic OH excluding ortho intramolecular Hbond substituents is 1. The lowest BCUT2D eigenvalue weighted by molar-refractivity contribution is -0.169. The number of hydrogen-bond acceptors (Lipinski definition) is 12. The standard InChI is InChI=1S/C40H45ClN4O8S2.2FH/c1-45(25-7-9-26(10-8-25)53-39(50)40(51,34-5-3-19-54-34)35-6-4-20-55-35)18-16-37(49)43-30-22-33(52-2)24(21-29(30)41)15-17-42-23-32(47)27-11-13-31(46)38-28(27)12-14-36(48)44-38;;/h3-6,11-14,19-22,25-26,32,42,46-47,51H,7-10,15-18,23H2,1-2H3,(H,43,49)(H,44,48);2*1H/t25?,26?,32-;;/m0../s1. The summed E-state index contributed by atoms with van der Waals surface area (Å²) in [5.41, 5.74) is -0.0489. The minimum absolute atomic E-state index is 0. The maximum atomic E-state index is 13.4. The van der Waals surface area contributed by atoms with Crippen molar-refractivity contribution < 1.29 is 43.8 Å². The first kappa shape index (κ1) is 45.3. The number of anilines is 1. The van der Waals surface area contributed by atoms with Crippen molar-refractivity contribution in [2.24, 2.45) is 0 Å². The Kier molecular flexibility index (Phi) is 16.1. The number of phenols is 1. The van der Waals surface area contributed by atoms with Gasteiger partial charge in [0.05, 0.1) is 39.2 Å². The van der Waals surface area contributed by atoms with Gasteiger partial charge in [-0.05, 0) is 97.9 Å². The summed E-state index contributed by atoms with van der Waals surface area (Å²) < 4.78 is 11.5. The number of benzene rings is 2. The Hall–Kier alpha value is -4.42. The van der Waals surface area contributed by atoms with Gasteiger partial charge in [0.15, 0.2) is 0 Å². The molecule has 0 unspecified atom stereocenters. The molecule has 6 N–H and O–H groups in total. The van der Waals surface area contributed by atoms with Crippen LogP contribution in [0.25, 0.3) is 10.9 Å². The highest BCUT2D eigenvalue weighted by Crippen LogP contribution is 2.38. The van der Waals surface area contributed by atoms with Crippen LogP contribution in [0, 0.1) is 0 Å². The van der Waals surface area contributed by atoms with E-state index >= 15 is 0 Å². The molecule has 0 radical (unpaired) electrons. The molecular weight excluding hydrogens is 802 g/mol. The molecule has 1 aliphatic carbocycles. The van der Waals surface area contributed by atoms with Gasteiger partial charge in [0.2, 0.25) is 17.1 Å². The number of thiophene rings is 2. The Balaban J connectivity index is 0.00000360. The molecule has 1 saturated carbocycles. The van der Waals surface area contributed by atoms with Crippen LogP contribution in [0.3, 0.4) is 0 Å². The van der Waals surface area contributed by atoms with E-state index < -0.39 is 17.7 Å². The summed E-state index contributed by atoms with van der Waals surface area (Å²) in [6.45, 7) is 1.24. The quantitative estimate of drug-likeness (QED) is 0.0493. The van der Waals surface area contributed by atoms with Crippen LogP contribution in [-0.4, -0.2) is 83.0 Å². The number of carbonyl (C=O) groups excluding carboxylic acids is 2. The maximum Gasteiger partial charge on any atom is 0.349 e. The van der Waals surface area contributed by atoms with Crippen molar-refractivity contribution in [3.8, 4) is 11.5 Å². The third-order valence-electron chi connectivity index (χ3n) is 10.1. The number of amides is 1. The largest absolute Gasteiger partial charge is 0.506 e. The molecule has 3 heterocycles. The van der Waals surface area contributed by atoms with Gasteiger partial charge >= 0.3 is 5.97 Å². The van der Waals surface area contributed by atoms with E-state index in [2.05, 4.69) is 20.5 Å². The van der Waals surface area contributed by atoms with Crippen molar-refractivity contribution in [2.75, 3.05) is 39.1 Å². The topological polar surface area (TPSA) is 173 Å². The zero-order valence-electron chi connectivity index (χ0n) is 31.4. The summed E-state index contributed by atoms with van der Waals surface area (Å²) in [4.78, 5) is 44.0. The van der Waals surface area contributed by atoms with Crippen molar-refractivity contribution in [1.82, 2.24) is 15.2 Å². The Morgan fingerprint density at radius 3 is 2.35 bits per heavy atom. The number of nitrogens with one attached hydrogen (secondary N) is 3. The van der Waals surface area contributed by atoms with Crippen molar-refractivity contribution in [3.63, 3.8) is 0 Å². The first-order valence-corrected chi connectivity index (χ1v) is 20.2. The highest BCUT2D eigenvalue weighted by molar-refractivity contribution is 7.12. The molecule has 1 fully saturated rings. The van der Waals surface area contributed by atoms with Gasteiger partial charge < -0.3 is 45.3 Å². The number of aromatic nitrogens is 1. The average molecular weight is 849 g/mol. The Labute approximate surface area is 341 Å². The normalized spacial score (nSPS) is 16.0. The van der Waals surface area contributed by atoms with Gasteiger partial charge in [-0.2, -0.15) is 0 Å². The highest BCUT2D eigenvalue weighted by atomic mass is 35.5. The number of methoxy groups -OCH3 is 1. The number of aliphatic hydroxyl groups excluding tert-OH is 1. The Bertz CT molecular complexity index is 2110. The number of nitrogens with zero attached hydrogens (tertiary/aromatic N) is 1. The first-order chi connectivity index (χ1) is 26.5. The lowest BCUT2D eigenvalue weighted by atomic mass is 9.91. The van der Waals surface area contributed by atoms with Crippen molar-refractivity contribution in [3.05, 3.63) is 108 Å². The minimum atomic E-state index is -1.82. The van der Waals surface area contributed by atoms with E-state index in [1.165, 1.54) is 34.8 Å². The van der Waals surface area contributed by atoms with Crippen LogP contribution in [0.5, 0.6) is 11.5 Å². The van der Waals surface area contributed by atoms with Crippen molar-refractivity contribution in [1.29, 1.82) is 0 Å². The number of aromatic amines is 1. The molecule has 1 atom stereocenters. The number of fused-ring (bicyclic) bond motifs is 1. The Morgan fingerprint density at radius 2 is 1.72 bits per heavy atom. The van der Waals surface area contributed by atoms with Gasteiger partial charge in [-0.15, -0.1) is 22.7 Å². The summed E-state index contributed by atoms with van der Waals surface area (Å²) in [6.07, 6.45) is 2.50. The summed E-state index contributed by atoms with van der Waals surface area (Å²) in [5, 5.41) is 43.3. The third kappa shape index (κ3) is 10.6. The molecule has 308 valence electrons. The maximum absolute atomic E-state index is 13.4. The second-order valence-corrected chi connectivity index (χ2v) is 16.0. The van der Waals surface area contributed by atoms with Gasteiger partial charge in [0.1, 0.15) is 17.6 Å².